The van der Waals surface area contributed by atoms with Crippen LogP contribution in [0.25, 0.3) is 16.9 Å². The van der Waals surface area contributed by atoms with Crippen molar-refractivity contribution in [3.63, 3.8) is 0 Å². The minimum atomic E-state index is -0.351. The zero-order valence-corrected chi connectivity index (χ0v) is 21.8. The topological polar surface area (TPSA) is 95.2 Å². The second-order valence-corrected chi connectivity index (χ2v) is 8.84. The van der Waals surface area contributed by atoms with Gasteiger partial charge in [0.2, 0.25) is 0 Å². The van der Waals surface area contributed by atoms with Gasteiger partial charge in [-0.15, -0.1) is 0 Å². The number of hydrogen-bond acceptors (Lipinski definition) is 5. The number of carbonyl (C=O) groups is 1. The van der Waals surface area contributed by atoms with Crippen molar-refractivity contribution in [2.24, 2.45) is 7.05 Å². The molecule has 1 aliphatic carbocycles. The number of carbonyl (C=O) groups excluding carboxylic acids is 1. The molecule has 194 valence electrons. The molecule has 0 saturated heterocycles. The van der Waals surface area contributed by atoms with Gasteiger partial charge < -0.3 is 14.8 Å². The monoisotopic (exact) mass is 502 g/mol. The van der Waals surface area contributed by atoms with Gasteiger partial charge in [-0.25, -0.2) is 9.48 Å². The molecule has 0 spiro atoms. The van der Waals surface area contributed by atoms with Gasteiger partial charge in [0.25, 0.3) is 0 Å². The first kappa shape index (κ1) is 26.1. The van der Waals surface area contributed by atoms with E-state index in [9.17, 15) is 4.79 Å². The van der Waals surface area contributed by atoms with E-state index in [0.717, 1.165) is 33.7 Å². The Morgan fingerprint density at radius 1 is 1.27 bits per heavy atom. The van der Waals surface area contributed by atoms with Gasteiger partial charge in [-0.05, 0) is 37.1 Å². The van der Waals surface area contributed by atoms with Gasteiger partial charge in [0, 0.05) is 37.9 Å². The van der Waals surface area contributed by atoms with E-state index in [1.165, 1.54) is 0 Å². The van der Waals surface area contributed by atoms with Gasteiger partial charge in [0.1, 0.15) is 11.5 Å². The second kappa shape index (κ2) is 11.9. The first-order valence-corrected chi connectivity index (χ1v) is 12.3. The Balaban J connectivity index is 1.64. The Labute approximate surface area is 217 Å². The molecular weight excluding hydrogens is 468 g/mol. The maximum atomic E-state index is 13.4. The van der Waals surface area contributed by atoms with Crippen LogP contribution in [-0.2, 0) is 16.5 Å². The molecule has 0 aliphatic heterocycles. The highest BCUT2D eigenvalue weighted by Crippen LogP contribution is 2.32. The van der Waals surface area contributed by atoms with Crippen molar-refractivity contribution < 1.29 is 14.3 Å². The van der Waals surface area contributed by atoms with Gasteiger partial charge in [-0.3, -0.25) is 10.00 Å². The molecule has 0 bridgehead atoms. The Kier molecular flexibility index (Phi) is 8.37. The number of nitrogens with zero attached hydrogens (tertiary/aromatic N) is 4. The summed E-state index contributed by atoms with van der Waals surface area (Å²) in [6.45, 7) is 8.76. The van der Waals surface area contributed by atoms with E-state index in [2.05, 4.69) is 22.3 Å². The summed E-state index contributed by atoms with van der Waals surface area (Å²) in [5, 5.41) is 15.3. The smallest absolute Gasteiger partial charge is 0.320 e. The number of aromatic nitrogens is 4. The van der Waals surface area contributed by atoms with Crippen molar-refractivity contribution in [3.8, 4) is 16.9 Å². The average molecular weight is 503 g/mol. The highest BCUT2D eigenvalue weighted by atomic mass is 16.5. The number of para-hydroxylation sites is 1. The maximum Gasteiger partial charge on any atom is 0.320 e. The van der Waals surface area contributed by atoms with E-state index in [-0.39, 0.29) is 18.2 Å². The van der Waals surface area contributed by atoms with Crippen LogP contribution in [0, 0.1) is 6.92 Å². The minimum absolute atomic E-state index is 0.230. The number of ether oxygens (including phenoxy) is 2. The van der Waals surface area contributed by atoms with Gasteiger partial charge in [-0.1, -0.05) is 43.0 Å². The second-order valence-electron chi connectivity index (χ2n) is 8.84. The molecule has 9 heteroatoms. The summed E-state index contributed by atoms with van der Waals surface area (Å²) in [6, 6.07) is 9.02. The molecule has 1 aromatic carbocycles. The zero-order chi connectivity index (χ0) is 26.4. The normalized spacial score (nSPS) is 17.5. The quantitative estimate of drug-likeness (QED) is 0.396. The van der Waals surface area contributed by atoms with Gasteiger partial charge in [-0.2, -0.15) is 10.2 Å². The van der Waals surface area contributed by atoms with Crippen molar-refractivity contribution >= 4 is 11.8 Å². The number of aryl methyl sites for hydroxylation is 1. The Morgan fingerprint density at radius 2 is 2.05 bits per heavy atom. The molecule has 2 N–H and O–H groups in total. The molecular formula is C28H34N6O3. The van der Waals surface area contributed by atoms with Crippen LogP contribution in [0.1, 0.15) is 18.9 Å². The Morgan fingerprint density at radius 3 is 2.70 bits per heavy atom. The van der Waals surface area contributed by atoms with E-state index in [4.69, 9.17) is 14.6 Å². The lowest BCUT2D eigenvalue weighted by Gasteiger charge is -2.24. The lowest BCUT2D eigenvalue weighted by molar-refractivity contribution is 0.0124. The molecule has 0 saturated carbocycles. The molecule has 0 radical (unpaired) electrons. The number of hydrogen-bond donors (Lipinski definition) is 2. The number of methoxy groups -OCH3 is 1. The van der Waals surface area contributed by atoms with Crippen molar-refractivity contribution in [2.75, 3.05) is 25.6 Å². The summed E-state index contributed by atoms with van der Waals surface area (Å²) < 4.78 is 14.7. The Hall–Kier alpha value is -3.95. The number of nitrogens with one attached hydrogen (secondary N) is 2. The third kappa shape index (κ3) is 5.73. The predicted octanol–water partition coefficient (Wildman–Crippen LogP) is 4.57. The summed E-state index contributed by atoms with van der Waals surface area (Å²) in [5.41, 5.74) is 5.32. The van der Waals surface area contributed by atoms with Crippen LogP contribution in [0.3, 0.4) is 0 Å². The van der Waals surface area contributed by atoms with Crippen LogP contribution in [-0.4, -0.2) is 58.1 Å². The summed E-state index contributed by atoms with van der Waals surface area (Å²) in [4.78, 5) is 13.4. The van der Waals surface area contributed by atoms with Crippen LogP contribution in [0.2, 0.25) is 0 Å². The average Bonchev–Trinajstić information content (AvgIpc) is 3.56. The Bertz CT molecular complexity index is 1300. The van der Waals surface area contributed by atoms with E-state index in [0.29, 0.717) is 25.5 Å². The summed E-state index contributed by atoms with van der Waals surface area (Å²) >= 11 is 0. The van der Waals surface area contributed by atoms with Crippen molar-refractivity contribution in [1.29, 1.82) is 0 Å². The summed E-state index contributed by atoms with van der Waals surface area (Å²) in [5.74, 6) is 0.581. The number of rotatable bonds is 10. The van der Waals surface area contributed by atoms with Crippen LogP contribution in [0.5, 0.6) is 0 Å². The van der Waals surface area contributed by atoms with Crippen molar-refractivity contribution in [3.05, 3.63) is 84.2 Å². The SMILES string of the molecule is C=CC1=C(/C=C\C)[C@H](NC(=O)Nc2c(C)c(-c3cnn(C)c3)nn2-c2ccccc2)[C@@H](OCCOC)C1. The van der Waals surface area contributed by atoms with Crippen LogP contribution >= 0.6 is 0 Å². The minimum Gasteiger partial charge on any atom is -0.382 e. The zero-order valence-electron chi connectivity index (χ0n) is 21.8. The van der Waals surface area contributed by atoms with Crippen LogP contribution in [0.15, 0.2) is 78.7 Å². The molecule has 2 aromatic heterocycles. The first-order chi connectivity index (χ1) is 18.0. The lowest BCUT2D eigenvalue weighted by atomic mass is 10.1. The fourth-order valence-electron chi connectivity index (χ4n) is 4.55. The van der Waals surface area contributed by atoms with Crippen LogP contribution < -0.4 is 10.6 Å². The number of allylic oxidation sites excluding steroid dienone is 2. The number of benzene rings is 1. The number of anilines is 1. The predicted molar refractivity (Wildman–Crippen MR) is 145 cm³/mol. The molecule has 9 nitrogen and oxygen atoms in total. The highest BCUT2D eigenvalue weighted by Gasteiger charge is 2.35. The third-order valence-corrected chi connectivity index (χ3v) is 6.33. The maximum absolute atomic E-state index is 13.4. The number of urea groups is 1. The molecule has 0 fully saturated rings. The number of amides is 2. The van der Waals surface area contributed by atoms with E-state index in [1.54, 1.807) is 22.7 Å². The fraction of sp³-hybridized carbons (Fsp3) is 0.321. The molecule has 0 unspecified atom stereocenters. The van der Waals surface area contributed by atoms with Gasteiger partial charge in [0.15, 0.2) is 0 Å². The van der Waals surface area contributed by atoms with Gasteiger partial charge in [0.05, 0.1) is 37.2 Å². The fourth-order valence-corrected chi connectivity index (χ4v) is 4.55. The highest BCUT2D eigenvalue weighted by molar-refractivity contribution is 5.91. The standard InChI is InChI=1S/C28H34N6O3/c1-6-11-23-20(7-2)16-24(37-15-14-36-5)26(23)30-28(35)31-27-19(3)25(21-17-29-33(4)18-21)32-34(27)22-12-9-8-10-13-22/h6-13,17-18,24,26H,2,14-16H2,1,3-5H3,(H2,30,31,35)/b11-6-/t24-,26-/m0/s1. The molecule has 4 rings (SSSR count). The van der Waals surface area contributed by atoms with Gasteiger partial charge >= 0.3 is 6.03 Å². The lowest BCUT2D eigenvalue weighted by Crippen LogP contribution is -2.45. The molecule has 2 heterocycles. The van der Waals surface area contributed by atoms with Crippen molar-refractivity contribution in [1.82, 2.24) is 24.9 Å². The molecule has 2 atom stereocenters. The molecule has 1 aliphatic rings. The van der Waals surface area contributed by atoms with Crippen molar-refractivity contribution in [2.45, 2.75) is 32.4 Å². The van der Waals surface area contributed by atoms with E-state index in [1.807, 2.05) is 75.7 Å². The van der Waals surface area contributed by atoms with E-state index < -0.39 is 0 Å². The summed E-state index contributed by atoms with van der Waals surface area (Å²) in [6.07, 6.45) is 9.88. The largest absolute Gasteiger partial charge is 0.382 e. The van der Waals surface area contributed by atoms with Crippen LogP contribution in [0.4, 0.5) is 10.6 Å². The van der Waals surface area contributed by atoms with E-state index >= 15 is 0 Å². The first-order valence-electron chi connectivity index (χ1n) is 12.3. The summed E-state index contributed by atoms with van der Waals surface area (Å²) in [7, 11) is 3.50. The molecule has 2 amide bonds. The third-order valence-electron chi connectivity index (χ3n) is 6.33. The molecule has 37 heavy (non-hydrogen) atoms. The molecule has 3 aromatic rings.